The number of carbonyl (C=O) groups is 2. The zero-order valence-corrected chi connectivity index (χ0v) is 11.3. The van der Waals surface area contributed by atoms with Crippen molar-refractivity contribution in [2.45, 2.75) is 13.0 Å². The van der Waals surface area contributed by atoms with E-state index in [9.17, 15) is 9.59 Å². The molecular weight excluding hydrogens is 280 g/mol. The molecule has 1 atom stereocenters. The number of carbonyl (C=O) groups excluding carboxylic acids is 1. The van der Waals surface area contributed by atoms with Crippen molar-refractivity contribution < 1.29 is 14.7 Å². The van der Waals surface area contributed by atoms with Gasteiger partial charge in [0, 0.05) is 16.3 Å². The van der Waals surface area contributed by atoms with E-state index in [1.54, 1.807) is 18.4 Å². The average molecular weight is 292 g/mol. The van der Waals surface area contributed by atoms with E-state index in [-0.39, 0.29) is 11.9 Å². The lowest BCUT2D eigenvalue weighted by Crippen LogP contribution is -2.27. The van der Waals surface area contributed by atoms with E-state index < -0.39 is 5.97 Å². The van der Waals surface area contributed by atoms with Crippen LogP contribution < -0.4 is 5.32 Å². The van der Waals surface area contributed by atoms with Crippen molar-refractivity contribution in [3.05, 3.63) is 40.1 Å². The number of amides is 1. The Hall–Kier alpha value is -2.48. The first-order valence-electron chi connectivity index (χ1n) is 5.72. The maximum absolute atomic E-state index is 12.0. The van der Waals surface area contributed by atoms with E-state index in [4.69, 9.17) is 5.11 Å². The van der Waals surface area contributed by atoms with Crippen molar-refractivity contribution in [1.82, 2.24) is 20.5 Å². The van der Waals surface area contributed by atoms with Gasteiger partial charge in [0.05, 0.1) is 11.6 Å². The molecule has 0 aromatic carbocycles. The van der Waals surface area contributed by atoms with E-state index in [1.807, 2.05) is 0 Å². The number of carboxylic acid groups (broad SMARTS) is 1. The molecule has 104 valence electrons. The van der Waals surface area contributed by atoms with Gasteiger partial charge in [-0.1, -0.05) is 0 Å². The minimum atomic E-state index is -1.02. The van der Waals surface area contributed by atoms with E-state index in [0.29, 0.717) is 16.3 Å². The van der Waals surface area contributed by atoms with Crippen LogP contribution >= 0.6 is 11.3 Å². The molecule has 20 heavy (non-hydrogen) atoms. The second-order valence-corrected chi connectivity index (χ2v) is 4.92. The Balaban J connectivity index is 2.01. The number of nitrogens with one attached hydrogen (secondary N) is 2. The number of H-pyrrole nitrogens is 1. The Morgan fingerprint density at radius 3 is 3.00 bits per heavy atom. The van der Waals surface area contributed by atoms with E-state index in [2.05, 4.69) is 20.5 Å². The molecule has 0 bridgehead atoms. The molecule has 0 saturated carbocycles. The van der Waals surface area contributed by atoms with Gasteiger partial charge in [-0.3, -0.25) is 9.89 Å². The van der Waals surface area contributed by atoms with Crippen LogP contribution in [0.15, 0.2) is 23.8 Å². The molecule has 0 spiro atoms. The van der Waals surface area contributed by atoms with Crippen molar-refractivity contribution in [1.29, 1.82) is 0 Å². The average Bonchev–Trinajstić information content (AvgIpc) is 3.07. The summed E-state index contributed by atoms with van der Waals surface area (Å²) in [5, 5.41) is 19.4. The van der Waals surface area contributed by atoms with Gasteiger partial charge in [-0.15, -0.1) is 11.3 Å². The lowest BCUT2D eigenvalue weighted by atomic mass is 10.2. The summed E-state index contributed by atoms with van der Waals surface area (Å²) in [6, 6.07) is 1.34. The molecule has 3 N–H and O–H groups in total. The Bertz CT molecular complexity index is 633. The molecule has 2 heterocycles. The van der Waals surface area contributed by atoms with E-state index in [1.165, 1.54) is 23.7 Å². The molecule has 0 radical (unpaired) electrons. The monoisotopic (exact) mass is 292 g/mol. The fourth-order valence-electron chi connectivity index (χ4n) is 1.48. The first-order chi connectivity index (χ1) is 9.56. The highest BCUT2D eigenvalue weighted by molar-refractivity contribution is 7.11. The zero-order valence-electron chi connectivity index (χ0n) is 10.5. The first-order valence-corrected chi connectivity index (χ1v) is 6.60. The van der Waals surface area contributed by atoms with Gasteiger partial charge < -0.3 is 10.4 Å². The number of aromatic amines is 1. The lowest BCUT2D eigenvalue weighted by Gasteiger charge is -2.09. The molecule has 8 heteroatoms. The second-order valence-electron chi connectivity index (χ2n) is 3.98. The summed E-state index contributed by atoms with van der Waals surface area (Å²) in [6.45, 7) is 1.79. The summed E-state index contributed by atoms with van der Waals surface area (Å²) < 4.78 is 0. The summed E-state index contributed by atoms with van der Waals surface area (Å²) in [7, 11) is 0. The van der Waals surface area contributed by atoms with Crippen LogP contribution in [0, 0.1) is 0 Å². The molecule has 0 fully saturated rings. The van der Waals surface area contributed by atoms with Gasteiger partial charge >= 0.3 is 5.97 Å². The SMILES string of the molecule is CC(NC(=O)c1csc(/C=C/C(=O)O)c1)c1ncn[nH]1. The topological polar surface area (TPSA) is 108 Å². The molecule has 0 aliphatic heterocycles. The summed E-state index contributed by atoms with van der Waals surface area (Å²) in [6.07, 6.45) is 3.85. The van der Waals surface area contributed by atoms with Gasteiger partial charge in [-0.25, -0.2) is 9.78 Å². The number of hydrogen-bond acceptors (Lipinski definition) is 5. The zero-order chi connectivity index (χ0) is 14.5. The Morgan fingerprint density at radius 2 is 2.35 bits per heavy atom. The summed E-state index contributed by atoms with van der Waals surface area (Å²) in [4.78, 5) is 27.1. The van der Waals surface area contributed by atoms with Gasteiger partial charge in [-0.05, 0) is 19.1 Å². The molecular formula is C12H12N4O3S. The van der Waals surface area contributed by atoms with Crippen molar-refractivity contribution in [3.8, 4) is 0 Å². The van der Waals surface area contributed by atoms with Crippen molar-refractivity contribution in [2.24, 2.45) is 0 Å². The number of rotatable bonds is 5. The van der Waals surface area contributed by atoms with Gasteiger partial charge in [0.2, 0.25) is 0 Å². The van der Waals surface area contributed by atoms with Gasteiger partial charge in [-0.2, -0.15) is 5.10 Å². The van der Waals surface area contributed by atoms with Crippen LogP contribution in [-0.2, 0) is 4.79 Å². The van der Waals surface area contributed by atoms with Gasteiger partial charge in [0.1, 0.15) is 12.2 Å². The van der Waals surface area contributed by atoms with E-state index >= 15 is 0 Å². The van der Waals surface area contributed by atoms with Crippen LogP contribution in [0.25, 0.3) is 6.08 Å². The largest absolute Gasteiger partial charge is 0.478 e. The predicted octanol–water partition coefficient (Wildman–Crippen LogP) is 1.46. The Labute approximate surface area is 118 Å². The van der Waals surface area contributed by atoms with Crippen molar-refractivity contribution in [2.75, 3.05) is 0 Å². The Morgan fingerprint density at radius 1 is 1.55 bits per heavy atom. The number of nitrogens with zero attached hydrogens (tertiary/aromatic N) is 2. The smallest absolute Gasteiger partial charge is 0.328 e. The molecule has 2 aromatic rings. The summed E-state index contributed by atoms with van der Waals surface area (Å²) >= 11 is 1.30. The van der Waals surface area contributed by atoms with Crippen LogP contribution in [0.2, 0.25) is 0 Å². The fraction of sp³-hybridized carbons (Fsp3) is 0.167. The molecule has 1 amide bonds. The number of aromatic nitrogens is 3. The van der Waals surface area contributed by atoms with Crippen LogP contribution in [0.5, 0.6) is 0 Å². The molecule has 1 unspecified atom stereocenters. The Kier molecular flexibility index (Phi) is 4.26. The first kappa shape index (κ1) is 13.9. The minimum absolute atomic E-state index is 0.250. The normalized spacial score (nSPS) is 12.4. The third-order valence-electron chi connectivity index (χ3n) is 2.46. The van der Waals surface area contributed by atoms with Crippen LogP contribution in [0.4, 0.5) is 0 Å². The van der Waals surface area contributed by atoms with Crippen LogP contribution in [0.1, 0.15) is 34.0 Å². The number of aliphatic carboxylic acids is 1. The van der Waals surface area contributed by atoms with Crippen molar-refractivity contribution in [3.63, 3.8) is 0 Å². The fourth-order valence-corrected chi connectivity index (χ4v) is 2.26. The highest BCUT2D eigenvalue weighted by Gasteiger charge is 2.14. The quantitative estimate of drug-likeness (QED) is 0.723. The van der Waals surface area contributed by atoms with E-state index in [0.717, 1.165) is 6.08 Å². The number of carboxylic acids is 1. The third kappa shape index (κ3) is 3.51. The molecule has 2 rings (SSSR count). The maximum atomic E-state index is 12.0. The van der Waals surface area contributed by atoms with Gasteiger partial charge in [0.25, 0.3) is 5.91 Å². The van der Waals surface area contributed by atoms with Crippen molar-refractivity contribution >= 4 is 29.3 Å². The number of hydrogen-bond donors (Lipinski definition) is 3. The number of thiophene rings is 1. The predicted molar refractivity (Wildman–Crippen MR) is 73.3 cm³/mol. The lowest BCUT2D eigenvalue weighted by molar-refractivity contribution is -0.131. The highest BCUT2D eigenvalue weighted by atomic mass is 32.1. The molecule has 7 nitrogen and oxygen atoms in total. The molecule has 0 aliphatic carbocycles. The standard InChI is InChI=1S/C12H12N4O3S/c1-7(11-13-6-14-16-11)15-12(19)8-4-9(20-5-8)2-3-10(17)18/h2-7H,1H3,(H,15,19)(H,17,18)(H,13,14,16)/b3-2+. The summed E-state index contributed by atoms with van der Waals surface area (Å²) in [5.74, 6) is -0.706. The third-order valence-corrected chi connectivity index (χ3v) is 3.36. The molecule has 2 aromatic heterocycles. The van der Waals surface area contributed by atoms with Crippen LogP contribution in [0.3, 0.4) is 0 Å². The maximum Gasteiger partial charge on any atom is 0.328 e. The summed E-state index contributed by atoms with van der Waals surface area (Å²) in [5.41, 5.74) is 0.478. The second kappa shape index (κ2) is 6.11. The molecule has 0 aliphatic rings. The van der Waals surface area contributed by atoms with Crippen LogP contribution in [-0.4, -0.2) is 32.2 Å². The minimum Gasteiger partial charge on any atom is -0.478 e. The highest BCUT2D eigenvalue weighted by Crippen LogP contribution is 2.17. The molecule has 0 saturated heterocycles. The van der Waals surface area contributed by atoms with Gasteiger partial charge in [0.15, 0.2) is 0 Å².